The Balaban J connectivity index is 2.96. The Morgan fingerprint density at radius 1 is 1.31 bits per heavy atom. The number of aromatic hydroxyl groups is 1. The average Bonchev–Trinajstić information content (AvgIpc) is 2.24. The topological polar surface area (TPSA) is 66.5 Å². The number of benzene rings is 1. The van der Waals surface area contributed by atoms with Crippen LogP contribution in [0.5, 0.6) is 5.75 Å². The van der Waals surface area contributed by atoms with Gasteiger partial charge in [-0.2, -0.15) is 0 Å². The monoisotopic (exact) mass is 351 g/mol. The third-order valence-corrected chi connectivity index (χ3v) is 3.63. The van der Waals surface area contributed by atoms with E-state index in [9.17, 15) is 10.2 Å². The average molecular weight is 353 g/mol. The van der Waals surface area contributed by atoms with E-state index in [-0.39, 0.29) is 5.75 Å². The number of aliphatic hydroxyl groups excluding tert-OH is 1. The van der Waals surface area contributed by atoms with Gasteiger partial charge in [0.25, 0.3) is 0 Å². The van der Waals surface area contributed by atoms with Crippen LogP contribution in [0.1, 0.15) is 31.4 Å². The van der Waals surface area contributed by atoms with E-state index in [1.807, 2.05) is 6.92 Å². The second-order valence-corrected chi connectivity index (χ2v) is 5.42. The molecule has 1 rings (SSSR count). The molecule has 0 saturated carbocycles. The summed E-state index contributed by atoms with van der Waals surface area (Å²) in [6.45, 7) is 2.00. The number of phenolic OH excluding ortho intramolecular Hbond substituents is 1. The van der Waals surface area contributed by atoms with Crippen LogP contribution in [-0.2, 0) is 0 Å². The number of aliphatic hydroxyl groups is 1. The zero-order valence-corrected chi connectivity index (χ0v) is 12.1. The van der Waals surface area contributed by atoms with Crippen LogP contribution in [0.2, 0.25) is 0 Å². The van der Waals surface area contributed by atoms with Crippen LogP contribution in [0.15, 0.2) is 21.1 Å². The molecule has 90 valence electrons. The molecular weight excluding hydrogens is 338 g/mol. The van der Waals surface area contributed by atoms with Crippen LogP contribution in [0.4, 0.5) is 0 Å². The van der Waals surface area contributed by atoms with E-state index in [0.717, 1.165) is 12.0 Å². The molecule has 16 heavy (non-hydrogen) atoms. The molecule has 0 radical (unpaired) electrons. The van der Waals surface area contributed by atoms with Gasteiger partial charge in [0.05, 0.1) is 21.1 Å². The molecule has 1 aromatic rings. The van der Waals surface area contributed by atoms with Crippen molar-refractivity contribution in [3.8, 4) is 5.75 Å². The maximum Gasteiger partial charge on any atom is 0.143 e. The fraction of sp³-hybridized carbons (Fsp3) is 0.455. The molecule has 1 aromatic carbocycles. The number of rotatable bonds is 4. The number of hydrogen-bond donors (Lipinski definition) is 3. The highest BCUT2D eigenvalue weighted by Crippen LogP contribution is 2.35. The quantitative estimate of drug-likeness (QED) is 0.780. The predicted molar refractivity (Wildman–Crippen MR) is 71.4 cm³/mol. The number of nitrogens with two attached hydrogens (primary N) is 1. The first kappa shape index (κ1) is 14.0. The number of hydrogen-bond acceptors (Lipinski definition) is 3. The molecule has 0 bridgehead atoms. The summed E-state index contributed by atoms with van der Waals surface area (Å²) in [5.74, 6) is 0.140. The summed E-state index contributed by atoms with van der Waals surface area (Å²) in [4.78, 5) is 0. The molecule has 5 heteroatoms. The van der Waals surface area contributed by atoms with E-state index in [2.05, 4.69) is 31.9 Å². The lowest BCUT2D eigenvalue weighted by atomic mass is 9.99. The second kappa shape index (κ2) is 6.00. The maximum atomic E-state index is 9.80. The van der Waals surface area contributed by atoms with Crippen molar-refractivity contribution in [1.82, 2.24) is 0 Å². The van der Waals surface area contributed by atoms with Crippen molar-refractivity contribution in [2.24, 2.45) is 5.73 Å². The van der Waals surface area contributed by atoms with Crippen molar-refractivity contribution < 1.29 is 10.2 Å². The van der Waals surface area contributed by atoms with Crippen LogP contribution in [0.3, 0.4) is 0 Å². The molecule has 0 spiro atoms. The smallest absolute Gasteiger partial charge is 0.143 e. The predicted octanol–water partition coefficient (Wildman–Crippen LogP) is 3.08. The third kappa shape index (κ3) is 3.20. The largest absolute Gasteiger partial charge is 0.506 e. The van der Waals surface area contributed by atoms with E-state index in [1.165, 1.54) is 0 Å². The van der Waals surface area contributed by atoms with Crippen molar-refractivity contribution in [3.63, 3.8) is 0 Å². The van der Waals surface area contributed by atoms with Gasteiger partial charge in [0.15, 0.2) is 0 Å². The Kier molecular flexibility index (Phi) is 5.24. The van der Waals surface area contributed by atoms with E-state index < -0.39 is 12.1 Å². The lowest BCUT2D eigenvalue weighted by Crippen LogP contribution is -2.25. The zero-order valence-electron chi connectivity index (χ0n) is 8.95. The molecule has 0 saturated heterocycles. The van der Waals surface area contributed by atoms with Crippen LogP contribution in [-0.4, -0.2) is 16.3 Å². The van der Waals surface area contributed by atoms with E-state index in [1.54, 1.807) is 12.1 Å². The van der Waals surface area contributed by atoms with Gasteiger partial charge in [-0.3, -0.25) is 0 Å². The van der Waals surface area contributed by atoms with E-state index in [4.69, 9.17) is 5.73 Å². The van der Waals surface area contributed by atoms with Gasteiger partial charge in [0, 0.05) is 0 Å². The molecular formula is C11H15Br2NO2. The van der Waals surface area contributed by atoms with E-state index >= 15 is 0 Å². The molecule has 0 unspecified atom stereocenters. The Hall–Kier alpha value is -0.100. The van der Waals surface area contributed by atoms with Gasteiger partial charge >= 0.3 is 0 Å². The van der Waals surface area contributed by atoms with Gasteiger partial charge in [0.1, 0.15) is 5.75 Å². The molecule has 3 nitrogen and oxygen atoms in total. The molecule has 0 amide bonds. The molecule has 0 fully saturated rings. The Bertz CT molecular complexity index is 348. The normalized spacial score (nSPS) is 14.8. The fourth-order valence-corrected chi connectivity index (χ4v) is 2.70. The Labute approximate surface area is 112 Å². The first-order valence-corrected chi connectivity index (χ1v) is 6.67. The van der Waals surface area contributed by atoms with Gasteiger partial charge in [-0.05, 0) is 56.0 Å². The first-order chi connectivity index (χ1) is 7.47. The minimum absolute atomic E-state index is 0.140. The SMILES string of the molecule is CCC[C@H](O)[C@H](N)c1cc(Br)c(O)c(Br)c1. The van der Waals surface area contributed by atoms with Crippen molar-refractivity contribution >= 4 is 31.9 Å². The molecule has 0 heterocycles. The van der Waals surface area contributed by atoms with Crippen molar-refractivity contribution in [2.45, 2.75) is 31.9 Å². The molecule has 2 atom stereocenters. The van der Waals surface area contributed by atoms with Crippen LogP contribution in [0.25, 0.3) is 0 Å². The lowest BCUT2D eigenvalue weighted by molar-refractivity contribution is 0.134. The summed E-state index contributed by atoms with van der Waals surface area (Å²) in [6.07, 6.45) is 0.986. The lowest BCUT2D eigenvalue weighted by Gasteiger charge is -2.19. The van der Waals surface area contributed by atoms with Crippen LogP contribution in [0, 0.1) is 0 Å². The number of phenols is 1. The zero-order chi connectivity index (χ0) is 12.3. The van der Waals surface area contributed by atoms with Gasteiger partial charge < -0.3 is 15.9 Å². The van der Waals surface area contributed by atoms with Gasteiger partial charge in [0.2, 0.25) is 0 Å². The summed E-state index contributed by atoms with van der Waals surface area (Å²) in [5.41, 5.74) is 6.73. The minimum Gasteiger partial charge on any atom is -0.506 e. The molecule has 0 aliphatic heterocycles. The minimum atomic E-state index is -0.562. The van der Waals surface area contributed by atoms with Crippen LogP contribution >= 0.6 is 31.9 Å². The molecule has 0 aromatic heterocycles. The van der Waals surface area contributed by atoms with Crippen LogP contribution < -0.4 is 5.73 Å². The van der Waals surface area contributed by atoms with Gasteiger partial charge in [-0.15, -0.1) is 0 Å². The standard InChI is InChI=1S/C11H15Br2NO2/c1-2-3-9(15)10(14)6-4-7(12)11(16)8(13)5-6/h4-5,9-10,15-16H,2-3,14H2,1H3/t9-,10+/m0/s1. The molecule has 0 aliphatic carbocycles. The Morgan fingerprint density at radius 2 is 1.81 bits per heavy atom. The van der Waals surface area contributed by atoms with Gasteiger partial charge in [-0.25, -0.2) is 0 Å². The summed E-state index contributed by atoms with van der Waals surface area (Å²) in [5, 5.41) is 19.4. The summed E-state index contributed by atoms with van der Waals surface area (Å²) >= 11 is 6.47. The van der Waals surface area contributed by atoms with E-state index in [0.29, 0.717) is 15.4 Å². The molecule has 4 N–H and O–H groups in total. The molecule has 0 aliphatic rings. The maximum absolute atomic E-state index is 9.80. The number of halogens is 2. The third-order valence-electron chi connectivity index (χ3n) is 2.42. The second-order valence-electron chi connectivity index (χ2n) is 3.71. The first-order valence-electron chi connectivity index (χ1n) is 5.09. The summed E-state index contributed by atoms with van der Waals surface area (Å²) in [6, 6.07) is 3.01. The summed E-state index contributed by atoms with van der Waals surface area (Å²) in [7, 11) is 0. The van der Waals surface area contributed by atoms with Gasteiger partial charge in [-0.1, -0.05) is 13.3 Å². The van der Waals surface area contributed by atoms with Crippen molar-refractivity contribution in [2.75, 3.05) is 0 Å². The highest BCUT2D eigenvalue weighted by molar-refractivity contribution is 9.11. The Morgan fingerprint density at radius 3 is 2.25 bits per heavy atom. The highest BCUT2D eigenvalue weighted by Gasteiger charge is 2.18. The highest BCUT2D eigenvalue weighted by atomic mass is 79.9. The van der Waals surface area contributed by atoms with Crippen molar-refractivity contribution in [1.29, 1.82) is 0 Å². The fourth-order valence-electron chi connectivity index (χ4n) is 1.48. The summed E-state index contributed by atoms with van der Waals surface area (Å²) < 4.78 is 1.13. The van der Waals surface area contributed by atoms with Crippen molar-refractivity contribution in [3.05, 3.63) is 26.6 Å².